The molecule has 4 heteroatoms. The van der Waals surface area contributed by atoms with E-state index in [-0.39, 0.29) is 28.8 Å². The van der Waals surface area contributed by atoms with Crippen LogP contribution in [0.15, 0.2) is 0 Å². The summed E-state index contributed by atoms with van der Waals surface area (Å²) in [4.78, 5) is 20.2. The van der Waals surface area contributed by atoms with Crippen molar-refractivity contribution in [2.75, 3.05) is 0 Å². The second-order valence-electron chi connectivity index (χ2n) is 1.47. The molecule has 0 aliphatic carbocycles. The summed E-state index contributed by atoms with van der Waals surface area (Å²) in [5.41, 5.74) is 0. The lowest BCUT2D eigenvalue weighted by Crippen LogP contribution is -2.18. The molecule has 0 spiro atoms. The number of halogens is 1. The molecule has 1 fully saturated rings. The van der Waals surface area contributed by atoms with Crippen molar-refractivity contribution in [2.45, 2.75) is 12.8 Å². The van der Waals surface area contributed by atoms with Crippen molar-refractivity contribution in [2.24, 2.45) is 0 Å². The van der Waals surface area contributed by atoms with Crippen molar-refractivity contribution in [1.82, 2.24) is 5.32 Å². The quantitative estimate of drug-likeness (QED) is 0.533. The van der Waals surface area contributed by atoms with Gasteiger partial charge < -0.3 is 0 Å². The van der Waals surface area contributed by atoms with Crippen LogP contribution >= 0.6 is 17.0 Å². The fraction of sp³-hybridized carbons (Fsp3) is 0.500. The number of imide groups is 1. The van der Waals surface area contributed by atoms with E-state index >= 15 is 0 Å². The van der Waals surface area contributed by atoms with Gasteiger partial charge in [0.15, 0.2) is 0 Å². The van der Waals surface area contributed by atoms with Crippen LogP contribution in [0.1, 0.15) is 12.8 Å². The van der Waals surface area contributed by atoms with Crippen molar-refractivity contribution >= 4 is 28.8 Å². The van der Waals surface area contributed by atoms with E-state index in [1.165, 1.54) is 0 Å². The average Bonchev–Trinajstić information content (AvgIpc) is 1.87. The molecule has 1 N–H and O–H groups in total. The lowest BCUT2D eigenvalue weighted by atomic mass is 10.4. The number of rotatable bonds is 0. The smallest absolute Gasteiger partial charge is 0.227 e. The van der Waals surface area contributed by atoms with E-state index < -0.39 is 0 Å². The first kappa shape index (κ1) is 7.62. The molecule has 0 aromatic carbocycles. The summed E-state index contributed by atoms with van der Waals surface area (Å²) < 4.78 is 0. The minimum atomic E-state index is -0.148. The van der Waals surface area contributed by atoms with Gasteiger partial charge in [-0.3, -0.25) is 14.9 Å². The van der Waals surface area contributed by atoms with Gasteiger partial charge in [-0.25, -0.2) is 0 Å². The monoisotopic (exact) mass is 179 g/mol. The SMILES string of the molecule is Br.O=C1CCC(=O)N1. The van der Waals surface area contributed by atoms with E-state index in [2.05, 4.69) is 5.32 Å². The Labute approximate surface area is 57.2 Å². The Bertz CT molecular complexity index is 109. The minimum absolute atomic E-state index is 0. The zero-order chi connectivity index (χ0) is 5.28. The maximum Gasteiger partial charge on any atom is 0.227 e. The largest absolute Gasteiger partial charge is 0.296 e. The van der Waals surface area contributed by atoms with E-state index in [1.807, 2.05) is 0 Å². The van der Waals surface area contributed by atoms with Gasteiger partial charge in [-0.1, -0.05) is 0 Å². The third kappa shape index (κ3) is 1.61. The van der Waals surface area contributed by atoms with E-state index in [0.717, 1.165) is 0 Å². The van der Waals surface area contributed by atoms with Gasteiger partial charge in [0.25, 0.3) is 0 Å². The summed E-state index contributed by atoms with van der Waals surface area (Å²) in [5.74, 6) is -0.296. The maximum atomic E-state index is 10.1. The normalized spacial score (nSPS) is 17.5. The van der Waals surface area contributed by atoms with Crippen molar-refractivity contribution in [3.8, 4) is 0 Å². The predicted molar refractivity (Wildman–Crippen MR) is 32.7 cm³/mol. The van der Waals surface area contributed by atoms with Crippen molar-refractivity contribution < 1.29 is 9.59 Å². The molecule has 1 aliphatic rings. The van der Waals surface area contributed by atoms with E-state index in [1.54, 1.807) is 0 Å². The van der Waals surface area contributed by atoms with Crippen LogP contribution in [-0.4, -0.2) is 11.8 Å². The lowest BCUT2D eigenvalue weighted by molar-refractivity contribution is -0.124. The first-order valence-corrected chi connectivity index (χ1v) is 2.12. The lowest BCUT2D eigenvalue weighted by Gasteiger charge is -1.79. The van der Waals surface area contributed by atoms with Gasteiger partial charge in [-0.05, 0) is 0 Å². The Kier molecular flexibility index (Phi) is 2.68. The fourth-order valence-corrected chi connectivity index (χ4v) is 0.508. The van der Waals surface area contributed by atoms with Crippen LogP contribution in [0.5, 0.6) is 0 Å². The Balaban J connectivity index is 0.000000490. The third-order valence-electron chi connectivity index (χ3n) is 0.858. The highest BCUT2D eigenvalue weighted by Gasteiger charge is 2.15. The molecule has 1 heterocycles. The average molecular weight is 180 g/mol. The summed E-state index contributed by atoms with van der Waals surface area (Å²) >= 11 is 0. The van der Waals surface area contributed by atoms with E-state index in [9.17, 15) is 9.59 Å². The minimum Gasteiger partial charge on any atom is -0.296 e. The molecule has 0 radical (unpaired) electrons. The Morgan fingerprint density at radius 1 is 1.12 bits per heavy atom. The third-order valence-corrected chi connectivity index (χ3v) is 0.858. The topological polar surface area (TPSA) is 46.2 Å². The molecule has 0 aromatic rings. The van der Waals surface area contributed by atoms with Crippen LogP contribution in [0.4, 0.5) is 0 Å². The summed E-state index contributed by atoms with van der Waals surface area (Å²) in [6.07, 6.45) is 0.748. The zero-order valence-corrected chi connectivity index (χ0v) is 5.85. The summed E-state index contributed by atoms with van der Waals surface area (Å²) in [6, 6.07) is 0. The number of hydrogen-bond donors (Lipinski definition) is 1. The Morgan fingerprint density at radius 2 is 1.50 bits per heavy atom. The molecule has 0 aromatic heterocycles. The fourth-order valence-electron chi connectivity index (χ4n) is 0.508. The number of amides is 2. The van der Waals surface area contributed by atoms with Gasteiger partial charge in [0.1, 0.15) is 0 Å². The van der Waals surface area contributed by atoms with Crippen LogP contribution in [0.3, 0.4) is 0 Å². The molecule has 0 atom stereocenters. The van der Waals surface area contributed by atoms with Crippen LogP contribution in [-0.2, 0) is 9.59 Å². The van der Waals surface area contributed by atoms with Crippen molar-refractivity contribution in [3.63, 3.8) is 0 Å². The highest BCUT2D eigenvalue weighted by atomic mass is 79.9. The molecule has 1 saturated heterocycles. The first-order chi connectivity index (χ1) is 3.29. The number of hydrogen-bond acceptors (Lipinski definition) is 2. The number of nitrogens with one attached hydrogen (secondary N) is 1. The summed E-state index contributed by atoms with van der Waals surface area (Å²) in [5, 5.41) is 2.14. The molecule has 2 amide bonds. The molecule has 1 aliphatic heterocycles. The van der Waals surface area contributed by atoms with Crippen LogP contribution in [0.2, 0.25) is 0 Å². The molecule has 46 valence electrons. The molecule has 0 unspecified atom stereocenters. The molecule has 3 nitrogen and oxygen atoms in total. The summed E-state index contributed by atoms with van der Waals surface area (Å²) in [6.45, 7) is 0. The first-order valence-electron chi connectivity index (χ1n) is 2.12. The van der Waals surface area contributed by atoms with Gasteiger partial charge in [-0.15, -0.1) is 17.0 Å². The molecular formula is C4H6BrNO2. The van der Waals surface area contributed by atoms with Crippen LogP contribution in [0.25, 0.3) is 0 Å². The van der Waals surface area contributed by atoms with Crippen LogP contribution < -0.4 is 5.32 Å². The highest BCUT2D eigenvalue weighted by Crippen LogP contribution is 1.95. The Morgan fingerprint density at radius 3 is 1.62 bits per heavy atom. The maximum absolute atomic E-state index is 10.1. The van der Waals surface area contributed by atoms with Crippen molar-refractivity contribution in [1.29, 1.82) is 0 Å². The van der Waals surface area contributed by atoms with Crippen LogP contribution in [0, 0.1) is 0 Å². The highest BCUT2D eigenvalue weighted by molar-refractivity contribution is 8.93. The standard InChI is InChI=1S/C4H5NO2.BrH/c6-3-1-2-4(7)5-3;/h1-2H2,(H,5,6,7);1H. The molecule has 8 heavy (non-hydrogen) atoms. The predicted octanol–water partition coefficient (Wildman–Crippen LogP) is 0.000900. The number of carbonyl (C=O) groups is 2. The molecule has 0 bridgehead atoms. The number of carbonyl (C=O) groups excluding carboxylic acids is 2. The van der Waals surface area contributed by atoms with E-state index in [4.69, 9.17) is 0 Å². The second-order valence-corrected chi connectivity index (χ2v) is 1.47. The molecule has 0 saturated carbocycles. The van der Waals surface area contributed by atoms with Gasteiger partial charge >= 0.3 is 0 Å². The summed E-state index contributed by atoms with van der Waals surface area (Å²) in [7, 11) is 0. The zero-order valence-electron chi connectivity index (χ0n) is 4.14. The van der Waals surface area contributed by atoms with Crippen molar-refractivity contribution in [3.05, 3.63) is 0 Å². The molecular weight excluding hydrogens is 174 g/mol. The second kappa shape index (κ2) is 2.81. The van der Waals surface area contributed by atoms with Gasteiger partial charge in [0.05, 0.1) is 0 Å². The Hall–Kier alpha value is -0.380. The molecule has 1 rings (SSSR count). The van der Waals surface area contributed by atoms with E-state index in [0.29, 0.717) is 12.8 Å². The van der Waals surface area contributed by atoms with Gasteiger partial charge in [-0.2, -0.15) is 0 Å². The van der Waals surface area contributed by atoms with Gasteiger partial charge in [0, 0.05) is 12.8 Å². The van der Waals surface area contributed by atoms with Gasteiger partial charge in [0.2, 0.25) is 11.8 Å².